The van der Waals surface area contributed by atoms with Gasteiger partial charge in [0.2, 0.25) is 5.95 Å². The van der Waals surface area contributed by atoms with Gasteiger partial charge in [0.25, 0.3) is 0 Å². The highest BCUT2D eigenvalue weighted by molar-refractivity contribution is 6.62. The van der Waals surface area contributed by atoms with Gasteiger partial charge in [0, 0.05) is 12.2 Å². The summed E-state index contributed by atoms with van der Waals surface area (Å²) in [6.07, 6.45) is 7.95. The first-order valence-corrected chi connectivity index (χ1v) is 14.2. The fraction of sp³-hybridized carbons (Fsp3) is 0.750. The average molecular weight is 528 g/mol. The van der Waals surface area contributed by atoms with Gasteiger partial charge in [0.1, 0.15) is 0 Å². The molecule has 0 saturated carbocycles. The third-order valence-corrected chi connectivity index (χ3v) is 9.54. The van der Waals surface area contributed by atoms with E-state index in [4.69, 9.17) is 23.4 Å². The number of allylic oxidation sites excluding steroid dienone is 3. The number of aromatic nitrogens is 2. The largest absolute Gasteiger partial charge is 0.490 e. The van der Waals surface area contributed by atoms with E-state index in [1.807, 2.05) is 33.8 Å². The molecule has 0 amide bonds. The third-order valence-electron chi connectivity index (χ3n) is 9.54. The molecular formula is C28H43B2FN2O5. The Morgan fingerprint density at radius 3 is 2.05 bits per heavy atom. The lowest BCUT2D eigenvalue weighted by molar-refractivity contribution is -0.0406. The van der Waals surface area contributed by atoms with Crippen molar-refractivity contribution in [3.8, 4) is 0 Å². The fourth-order valence-corrected chi connectivity index (χ4v) is 5.69. The molecule has 0 aromatic carbocycles. The van der Waals surface area contributed by atoms with Crippen LogP contribution in [0.4, 0.5) is 4.39 Å². The Balaban J connectivity index is 1.56. The number of halogens is 1. The normalized spacial score (nSPS) is 29.9. The van der Waals surface area contributed by atoms with Crippen molar-refractivity contribution in [1.29, 1.82) is 0 Å². The Labute approximate surface area is 227 Å². The lowest BCUT2D eigenvalue weighted by atomic mass is 9.58. The molecule has 208 valence electrons. The molecule has 4 heterocycles. The maximum atomic E-state index is 15.3. The molecule has 1 aromatic rings. The quantitative estimate of drug-likeness (QED) is 0.446. The van der Waals surface area contributed by atoms with Crippen LogP contribution in [-0.2, 0) is 29.8 Å². The maximum Gasteiger partial charge on any atom is 0.490 e. The van der Waals surface area contributed by atoms with Crippen molar-refractivity contribution >= 4 is 20.3 Å². The number of ether oxygens (including phenoxy) is 1. The SMILES string of the molecule is CC/C(B1OC(C)(C)C(C)(C)O1)=C(/B1OC(C)(C)C(C)(C)O1)C1C=Cc2c(c(F)nn2C2CCCCO2)C1. The molecule has 5 rings (SSSR count). The predicted molar refractivity (Wildman–Crippen MR) is 147 cm³/mol. The first-order chi connectivity index (χ1) is 17.7. The number of fused-ring (bicyclic) bond motifs is 1. The third kappa shape index (κ3) is 4.64. The maximum absolute atomic E-state index is 15.3. The number of nitrogens with zero attached hydrogens (tertiary/aromatic N) is 2. The highest BCUT2D eigenvalue weighted by atomic mass is 19.1. The van der Waals surface area contributed by atoms with Crippen LogP contribution in [0.2, 0.25) is 0 Å². The fourth-order valence-electron chi connectivity index (χ4n) is 5.69. The van der Waals surface area contributed by atoms with E-state index < -0.39 is 42.6 Å². The number of hydrogen-bond donors (Lipinski definition) is 0. The standard InChI is InChI=1S/C28H43B2FN2O5/c1-10-20(29-35-25(2,3)26(4,5)36-29)23(30-37-27(6,7)28(8,9)38-30)18-14-15-21-19(17-18)24(31)32-33(21)22-13-11-12-16-34-22/h14-15,18,22H,10-13,16-17H2,1-9H3/b23-20-. The minimum absolute atomic E-state index is 0.161. The van der Waals surface area contributed by atoms with Gasteiger partial charge in [0.05, 0.1) is 28.1 Å². The Kier molecular flexibility index (Phi) is 7.08. The Bertz CT molecular complexity index is 1100. The molecule has 3 fully saturated rings. The van der Waals surface area contributed by atoms with Gasteiger partial charge in [0.15, 0.2) is 6.23 Å². The monoisotopic (exact) mass is 528 g/mol. The summed E-state index contributed by atoms with van der Waals surface area (Å²) < 4.78 is 49.2. The van der Waals surface area contributed by atoms with Gasteiger partial charge in [-0.05, 0) is 110 Å². The van der Waals surface area contributed by atoms with Crippen molar-refractivity contribution in [3.05, 3.63) is 34.2 Å². The van der Waals surface area contributed by atoms with Crippen LogP contribution >= 0.6 is 0 Å². The molecule has 2 unspecified atom stereocenters. The molecule has 1 aromatic heterocycles. The molecular weight excluding hydrogens is 485 g/mol. The van der Waals surface area contributed by atoms with Crippen LogP contribution < -0.4 is 0 Å². The van der Waals surface area contributed by atoms with Crippen LogP contribution in [0.1, 0.15) is 105 Å². The van der Waals surface area contributed by atoms with E-state index >= 15 is 4.39 Å². The molecule has 0 radical (unpaired) electrons. The van der Waals surface area contributed by atoms with E-state index in [1.165, 1.54) is 0 Å². The van der Waals surface area contributed by atoms with E-state index in [0.717, 1.165) is 35.9 Å². The summed E-state index contributed by atoms with van der Waals surface area (Å²) in [6, 6.07) is 0. The van der Waals surface area contributed by atoms with Gasteiger partial charge in [-0.15, -0.1) is 5.10 Å². The van der Waals surface area contributed by atoms with Crippen molar-refractivity contribution in [2.24, 2.45) is 5.92 Å². The van der Waals surface area contributed by atoms with Gasteiger partial charge in [-0.2, -0.15) is 4.39 Å². The van der Waals surface area contributed by atoms with Crippen molar-refractivity contribution in [2.45, 2.75) is 123 Å². The van der Waals surface area contributed by atoms with Crippen LogP contribution in [0, 0.1) is 11.9 Å². The van der Waals surface area contributed by atoms with Gasteiger partial charge in [-0.1, -0.05) is 13.0 Å². The zero-order valence-electron chi connectivity index (χ0n) is 24.5. The molecule has 38 heavy (non-hydrogen) atoms. The van der Waals surface area contributed by atoms with Crippen molar-refractivity contribution in [1.82, 2.24) is 9.78 Å². The Morgan fingerprint density at radius 2 is 1.53 bits per heavy atom. The topological polar surface area (TPSA) is 64.0 Å². The van der Waals surface area contributed by atoms with Crippen LogP contribution in [0.3, 0.4) is 0 Å². The summed E-state index contributed by atoms with van der Waals surface area (Å²) >= 11 is 0. The Hall–Kier alpha value is -1.45. The van der Waals surface area contributed by atoms with Crippen molar-refractivity contribution in [2.75, 3.05) is 6.61 Å². The van der Waals surface area contributed by atoms with Gasteiger partial charge in [-0.25, -0.2) is 4.68 Å². The molecule has 3 aliphatic heterocycles. The van der Waals surface area contributed by atoms with Crippen LogP contribution in [-0.4, -0.2) is 53.0 Å². The molecule has 0 N–H and O–H groups in total. The number of rotatable bonds is 5. The van der Waals surface area contributed by atoms with E-state index in [2.05, 4.69) is 45.8 Å². The van der Waals surface area contributed by atoms with Gasteiger partial charge in [-0.3, -0.25) is 0 Å². The molecule has 10 heteroatoms. The van der Waals surface area contributed by atoms with Crippen molar-refractivity contribution in [3.63, 3.8) is 0 Å². The molecule has 3 saturated heterocycles. The van der Waals surface area contributed by atoms with E-state index in [0.29, 0.717) is 25.0 Å². The first-order valence-electron chi connectivity index (χ1n) is 14.2. The molecule has 4 aliphatic rings. The second-order valence-electron chi connectivity index (χ2n) is 13.1. The summed E-state index contributed by atoms with van der Waals surface area (Å²) in [5.74, 6) is -0.601. The highest BCUT2D eigenvalue weighted by Crippen LogP contribution is 2.46. The summed E-state index contributed by atoms with van der Waals surface area (Å²) in [6.45, 7) is 19.2. The molecule has 0 spiro atoms. The van der Waals surface area contributed by atoms with E-state index in [1.54, 1.807) is 4.68 Å². The highest BCUT2D eigenvalue weighted by Gasteiger charge is 2.57. The Morgan fingerprint density at radius 1 is 0.947 bits per heavy atom. The summed E-state index contributed by atoms with van der Waals surface area (Å²) in [5, 5.41) is 4.28. The molecule has 7 nitrogen and oxygen atoms in total. The first kappa shape index (κ1) is 28.1. The second-order valence-corrected chi connectivity index (χ2v) is 13.1. The molecule has 1 aliphatic carbocycles. The zero-order chi connectivity index (χ0) is 27.7. The summed E-state index contributed by atoms with van der Waals surface area (Å²) in [4.78, 5) is 0. The zero-order valence-corrected chi connectivity index (χ0v) is 24.5. The summed E-state index contributed by atoms with van der Waals surface area (Å²) in [7, 11) is -1.15. The predicted octanol–water partition coefficient (Wildman–Crippen LogP) is 5.88. The van der Waals surface area contributed by atoms with Crippen LogP contribution in [0.25, 0.3) is 6.08 Å². The minimum Gasteiger partial charge on any atom is -0.400 e. The minimum atomic E-state index is -0.607. The van der Waals surface area contributed by atoms with Gasteiger partial charge < -0.3 is 23.4 Å². The number of hydrogen-bond acceptors (Lipinski definition) is 6. The van der Waals surface area contributed by atoms with Gasteiger partial charge >= 0.3 is 14.2 Å². The average Bonchev–Trinajstić information content (AvgIpc) is 3.36. The lowest BCUT2D eigenvalue weighted by Crippen LogP contribution is -2.41. The van der Waals surface area contributed by atoms with Crippen LogP contribution in [0.5, 0.6) is 0 Å². The second kappa shape index (κ2) is 9.58. The summed E-state index contributed by atoms with van der Waals surface area (Å²) in [5.41, 5.74) is 1.32. The smallest absolute Gasteiger partial charge is 0.400 e. The van der Waals surface area contributed by atoms with Crippen molar-refractivity contribution < 1.29 is 27.7 Å². The van der Waals surface area contributed by atoms with E-state index in [9.17, 15) is 0 Å². The van der Waals surface area contributed by atoms with Crippen LogP contribution in [0.15, 0.2) is 17.0 Å². The molecule has 2 atom stereocenters. The van der Waals surface area contributed by atoms with E-state index in [-0.39, 0.29) is 12.1 Å². The molecule has 0 bridgehead atoms. The lowest BCUT2D eigenvalue weighted by Gasteiger charge is -2.32.